The molecule has 0 aromatic carbocycles. The second kappa shape index (κ2) is 5.59. The molecule has 0 saturated carbocycles. The van der Waals surface area contributed by atoms with Crippen LogP contribution in [0, 0.1) is 5.92 Å². The van der Waals surface area contributed by atoms with Crippen LogP contribution >= 0.6 is 11.3 Å². The summed E-state index contributed by atoms with van der Waals surface area (Å²) in [7, 11) is 1.89. The lowest BCUT2D eigenvalue weighted by atomic mass is 9.99. The van der Waals surface area contributed by atoms with E-state index >= 15 is 0 Å². The minimum atomic E-state index is -0.468. The SMILES string of the molecule is Cn1cc2cc(-c3ccc4cc([C@@H](O)C5COC5)sc4n3)cnc2n1. The third-order valence-electron chi connectivity index (χ3n) is 4.57. The number of aliphatic hydroxyl groups is 1. The second-order valence-corrected chi connectivity index (χ2v) is 7.48. The molecular formula is C18H16N4O2S. The Hall–Kier alpha value is -2.35. The summed E-state index contributed by atoms with van der Waals surface area (Å²) in [6, 6.07) is 8.13. The zero-order valence-corrected chi connectivity index (χ0v) is 14.4. The summed E-state index contributed by atoms with van der Waals surface area (Å²) in [4.78, 5) is 11.1. The van der Waals surface area contributed by atoms with E-state index in [1.165, 1.54) is 0 Å². The number of hydrogen-bond donors (Lipinski definition) is 1. The van der Waals surface area contributed by atoms with Gasteiger partial charge in [0.05, 0.1) is 25.0 Å². The molecule has 1 aliphatic rings. The van der Waals surface area contributed by atoms with Crippen LogP contribution in [0.3, 0.4) is 0 Å². The third-order valence-corrected chi connectivity index (χ3v) is 5.69. The van der Waals surface area contributed by atoms with E-state index < -0.39 is 6.10 Å². The van der Waals surface area contributed by atoms with Crippen molar-refractivity contribution in [3.05, 3.63) is 41.5 Å². The van der Waals surface area contributed by atoms with Crippen molar-refractivity contribution in [3.8, 4) is 11.3 Å². The fourth-order valence-electron chi connectivity index (χ4n) is 3.08. The van der Waals surface area contributed by atoms with Crippen LogP contribution in [0.5, 0.6) is 0 Å². The van der Waals surface area contributed by atoms with Gasteiger partial charge in [-0.25, -0.2) is 9.97 Å². The molecule has 0 amide bonds. The molecule has 0 radical (unpaired) electrons. The molecule has 1 atom stereocenters. The molecule has 0 aliphatic carbocycles. The lowest BCUT2D eigenvalue weighted by Gasteiger charge is -2.29. The van der Waals surface area contributed by atoms with Crippen molar-refractivity contribution in [1.29, 1.82) is 0 Å². The normalized spacial score (nSPS) is 16.4. The molecule has 1 aliphatic heterocycles. The van der Waals surface area contributed by atoms with Gasteiger partial charge in [-0.1, -0.05) is 0 Å². The van der Waals surface area contributed by atoms with Gasteiger partial charge in [0.1, 0.15) is 4.83 Å². The molecule has 1 fully saturated rings. The van der Waals surface area contributed by atoms with Crippen LogP contribution in [-0.2, 0) is 11.8 Å². The van der Waals surface area contributed by atoms with Crippen molar-refractivity contribution < 1.29 is 9.84 Å². The van der Waals surface area contributed by atoms with E-state index in [4.69, 9.17) is 9.72 Å². The number of fused-ring (bicyclic) bond motifs is 2. The molecule has 0 bridgehead atoms. The maximum absolute atomic E-state index is 10.4. The van der Waals surface area contributed by atoms with E-state index in [2.05, 4.69) is 22.2 Å². The molecular weight excluding hydrogens is 336 g/mol. The van der Waals surface area contributed by atoms with Crippen molar-refractivity contribution in [2.75, 3.05) is 13.2 Å². The van der Waals surface area contributed by atoms with Crippen LogP contribution in [0.1, 0.15) is 11.0 Å². The molecule has 1 N–H and O–H groups in total. The van der Waals surface area contributed by atoms with Crippen molar-refractivity contribution in [2.45, 2.75) is 6.10 Å². The number of pyridine rings is 2. The van der Waals surface area contributed by atoms with Gasteiger partial charge in [0.25, 0.3) is 0 Å². The molecule has 6 nitrogen and oxygen atoms in total. The van der Waals surface area contributed by atoms with Crippen molar-refractivity contribution in [3.63, 3.8) is 0 Å². The summed E-state index contributed by atoms with van der Waals surface area (Å²) in [6.07, 6.45) is 3.29. The summed E-state index contributed by atoms with van der Waals surface area (Å²) in [5.41, 5.74) is 2.57. The molecule has 4 aromatic heterocycles. The topological polar surface area (TPSA) is 73.1 Å². The Morgan fingerprint density at radius 2 is 2.16 bits per heavy atom. The van der Waals surface area contributed by atoms with Gasteiger partial charge in [-0.3, -0.25) is 4.68 Å². The van der Waals surface area contributed by atoms with Gasteiger partial charge in [-0.15, -0.1) is 11.3 Å². The molecule has 0 spiro atoms. The van der Waals surface area contributed by atoms with Gasteiger partial charge in [0.2, 0.25) is 0 Å². The highest BCUT2D eigenvalue weighted by molar-refractivity contribution is 7.18. The van der Waals surface area contributed by atoms with Crippen molar-refractivity contribution in [1.82, 2.24) is 19.7 Å². The van der Waals surface area contributed by atoms with Crippen LogP contribution in [0.4, 0.5) is 0 Å². The van der Waals surface area contributed by atoms with Crippen LogP contribution in [-0.4, -0.2) is 38.1 Å². The number of thiophene rings is 1. The van der Waals surface area contributed by atoms with Crippen LogP contribution in [0.25, 0.3) is 32.5 Å². The summed E-state index contributed by atoms with van der Waals surface area (Å²) >= 11 is 1.55. The Kier molecular flexibility index (Phi) is 3.34. The maximum atomic E-state index is 10.4. The largest absolute Gasteiger partial charge is 0.387 e. The number of aliphatic hydroxyl groups excluding tert-OH is 1. The van der Waals surface area contributed by atoms with Gasteiger partial charge in [-0.05, 0) is 24.3 Å². The first-order chi connectivity index (χ1) is 12.2. The van der Waals surface area contributed by atoms with E-state index in [9.17, 15) is 5.11 Å². The van der Waals surface area contributed by atoms with Gasteiger partial charge in [-0.2, -0.15) is 5.10 Å². The first-order valence-corrected chi connectivity index (χ1v) is 8.95. The summed E-state index contributed by atoms with van der Waals surface area (Å²) in [5.74, 6) is 0.199. The van der Waals surface area contributed by atoms with Crippen LogP contribution in [0.15, 0.2) is 36.7 Å². The zero-order valence-electron chi connectivity index (χ0n) is 13.6. The lowest BCUT2D eigenvalue weighted by molar-refractivity contribution is -0.0913. The summed E-state index contributed by atoms with van der Waals surface area (Å²) in [6.45, 7) is 1.26. The predicted molar refractivity (Wildman–Crippen MR) is 96.4 cm³/mol. The van der Waals surface area contributed by atoms with Gasteiger partial charge in [0.15, 0.2) is 5.65 Å². The highest BCUT2D eigenvalue weighted by Crippen LogP contribution is 2.36. The number of aryl methyl sites for hydroxylation is 1. The average molecular weight is 352 g/mol. The van der Waals surface area contributed by atoms with E-state index in [0.717, 1.165) is 37.4 Å². The quantitative estimate of drug-likeness (QED) is 0.614. The lowest BCUT2D eigenvalue weighted by Crippen LogP contribution is -2.32. The zero-order chi connectivity index (χ0) is 17.0. The molecule has 126 valence electrons. The smallest absolute Gasteiger partial charge is 0.181 e. The molecule has 5 heterocycles. The van der Waals surface area contributed by atoms with Crippen LogP contribution in [0.2, 0.25) is 0 Å². The fourth-order valence-corrected chi connectivity index (χ4v) is 4.20. The predicted octanol–water partition coefficient (Wildman–Crippen LogP) is 2.92. The molecule has 0 unspecified atom stereocenters. The monoisotopic (exact) mass is 352 g/mol. The maximum Gasteiger partial charge on any atom is 0.181 e. The minimum absolute atomic E-state index is 0.199. The van der Waals surface area contributed by atoms with Crippen molar-refractivity contribution >= 4 is 32.6 Å². The molecule has 5 rings (SSSR count). The molecule has 4 aromatic rings. The Balaban J connectivity index is 1.54. The van der Waals surface area contributed by atoms with E-state index in [1.54, 1.807) is 22.2 Å². The Labute approximate surface area is 147 Å². The number of rotatable bonds is 3. The van der Waals surface area contributed by atoms with Gasteiger partial charge < -0.3 is 9.84 Å². The highest BCUT2D eigenvalue weighted by atomic mass is 32.1. The average Bonchev–Trinajstić information content (AvgIpc) is 3.13. The fraction of sp³-hybridized carbons (Fsp3) is 0.278. The second-order valence-electron chi connectivity index (χ2n) is 6.42. The molecule has 1 saturated heterocycles. The highest BCUT2D eigenvalue weighted by Gasteiger charge is 2.29. The molecule has 25 heavy (non-hydrogen) atoms. The number of nitrogens with zero attached hydrogens (tertiary/aromatic N) is 4. The molecule has 7 heteroatoms. The Morgan fingerprint density at radius 1 is 1.28 bits per heavy atom. The van der Waals surface area contributed by atoms with E-state index in [-0.39, 0.29) is 5.92 Å². The minimum Gasteiger partial charge on any atom is -0.387 e. The first-order valence-electron chi connectivity index (χ1n) is 8.13. The van der Waals surface area contributed by atoms with Gasteiger partial charge >= 0.3 is 0 Å². The number of hydrogen-bond acceptors (Lipinski definition) is 6. The first kappa shape index (κ1) is 14.9. The third kappa shape index (κ3) is 2.52. The Morgan fingerprint density at radius 3 is 2.96 bits per heavy atom. The van der Waals surface area contributed by atoms with Crippen LogP contribution < -0.4 is 0 Å². The summed E-state index contributed by atoms with van der Waals surface area (Å²) < 4.78 is 6.94. The number of ether oxygens (including phenoxy) is 1. The van der Waals surface area contributed by atoms with Gasteiger partial charge in [0, 0.05) is 46.6 Å². The standard InChI is InChI=1S/C18H16N4O2S/c1-22-7-12-4-11(6-19-17(12)21-22)14-3-2-10-5-15(25-18(10)20-14)16(23)13-8-24-9-13/h2-7,13,16,23H,8-9H2,1H3/t16-/m0/s1. The number of aromatic nitrogens is 4. The van der Waals surface area contributed by atoms with Crippen molar-refractivity contribution in [2.24, 2.45) is 13.0 Å². The summed E-state index contributed by atoms with van der Waals surface area (Å²) in [5, 5.41) is 16.8. The van der Waals surface area contributed by atoms with E-state index in [0.29, 0.717) is 13.2 Å². The van der Waals surface area contributed by atoms with E-state index in [1.807, 2.05) is 25.4 Å². The Bertz CT molecular complexity index is 1080.